The molecule has 0 aliphatic rings. The van der Waals surface area contributed by atoms with Crippen LogP contribution in [0.4, 0.5) is 0 Å². The zero-order chi connectivity index (χ0) is 21.7. The van der Waals surface area contributed by atoms with Gasteiger partial charge in [0.2, 0.25) is 10.0 Å². The van der Waals surface area contributed by atoms with Gasteiger partial charge in [-0.2, -0.15) is 4.31 Å². The molecule has 0 aliphatic carbocycles. The van der Waals surface area contributed by atoms with Crippen molar-refractivity contribution in [1.29, 1.82) is 0 Å². The van der Waals surface area contributed by atoms with Gasteiger partial charge in [-0.25, -0.2) is 8.42 Å². The summed E-state index contributed by atoms with van der Waals surface area (Å²) in [5.41, 5.74) is 2.37. The molecule has 0 unspecified atom stereocenters. The lowest BCUT2D eigenvalue weighted by Crippen LogP contribution is -2.30. The molecule has 0 bridgehead atoms. The largest absolute Gasteiger partial charge is 0.451 e. The molecule has 30 heavy (non-hydrogen) atoms. The van der Waals surface area contributed by atoms with Gasteiger partial charge in [-0.1, -0.05) is 44.2 Å². The predicted molar refractivity (Wildman–Crippen MR) is 118 cm³/mol. The molecule has 6 nitrogen and oxygen atoms in total. The van der Waals surface area contributed by atoms with Crippen molar-refractivity contribution in [3.05, 3.63) is 65.4 Å². The molecule has 3 aromatic rings. The molecule has 1 amide bonds. The molecule has 2 aromatic carbocycles. The third-order valence-electron chi connectivity index (χ3n) is 5.23. The zero-order valence-electron chi connectivity index (χ0n) is 17.6. The van der Waals surface area contributed by atoms with E-state index in [1.165, 1.54) is 15.9 Å². The highest BCUT2D eigenvalue weighted by Crippen LogP contribution is 2.29. The van der Waals surface area contributed by atoms with Crippen molar-refractivity contribution in [3.8, 4) is 0 Å². The van der Waals surface area contributed by atoms with E-state index in [0.717, 1.165) is 12.8 Å². The first-order valence-electron chi connectivity index (χ1n) is 10.2. The van der Waals surface area contributed by atoms with Crippen molar-refractivity contribution in [2.24, 2.45) is 0 Å². The summed E-state index contributed by atoms with van der Waals surface area (Å²) in [6.07, 6.45) is 1.70. The van der Waals surface area contributed by atoms with Crippen molar-refractivity contribution in [1.82, 2.24) is 9.62 Å². The fraction of sp³-hybridized carbons (Fsp3) is 0.348. The number of benzene rings is 2. The lowest BCUT2D eigenvalue weighted by atomic mass is 10.1. The van der Waals surface area contributed by atoms with E-state index >= 15 is 0 Å². The highest BCUT2D eigenvalue weighted by atomic mass is 32.2. The number of carbonyl (C=O) groups excluding carboxylic acids is 1. The number of nitrogens with zero attached hydrogens (tertiary/aromatic N) is 1. The molecule has 0 spiro atoms. The summed E-state index contributed by atoms with van der Waals surface area (Å²) in [4.78, 5) is 12.8. The molecule has 3 rings (SSSR count). The Hall–Kier alpha value is -2.64. The Bertz CT molecular complexity index is 1120. The number of sulfonamides is 1. The summed E-state index contributed by atoms with van der Waals surface area (Å²) < 4.78 is 32.7. The summed E-state index contributed by atoms with van der Waals surface area (Å²) in [7, 11) is -3.57. The molecule has 160 valence electrons. The second-order valence-electron chi connectivity index (χ2n) is 7.15. The van der Waals surface area contributed by atoms with Crippen molar-refractivity contribution < 1.29 is 17.6 Å². The second kappa shape index (κ2) is 9.45. The van der Waals surface area contributed by atoms with Crippen LogP contribution >= 0.6 is 0 Å². The minimum atomic E-state index is -3.57. The van der Waals surface area contributed by atoms with E-state index in [2.05, 4.69) is 17.4 Å². The van der Waals surface area contributed by atoms with Crippen molar-refractivity contribution in [3.63, 3.8) is 0 Å². The summed E-state index contributed by atoms with van der Waals surface area (Å²) in [6, 6.07) is 14.8. The summed E-state index contributed by atoms with van der Waals surface area (Å²) in [6.45, 7) is 6.73. The number of amides is 1. The maximum Gasteiger partial charge on any atom is 0.287 e. The van der Waals surface area contributed by atoms with E-state index in [1.54, 1.807) is 19.1 Å². The smallest absolute Gasteiger partial charge is 0.287 e. The molecule has 0 aliphatic heterocycles. The van der Waals surface area contributed by atoms with E-state index in [-0.39, 0.29) is 16.6 Å². The molecule has 0 saturated heterocycles. The van der Waals surface area contributed by atoms with Crippen LogP contribution in [0.1, 0.15) is 41.9 Å². The van der Waals surface area contributed by atoms with Gasteiger partial charge in [0.05, 0.1) is 4.90 Å². The Labute approximate surface area is 177 Å². The van der Waals surface area contributed by atoms with Crippen molar-refractivity contribution >= 4 is 26.9 Å². The van der Waals surface area contributed by atoms with Crippen LogP contribution in [0, 0.1) is 6.92 Å². The number of furan rings is 1. The predicted octanol–water partition coefficient (Wildman–Crippen LogP) is 4.13. The van der Waals surface area contributed by atoms with E-state index in [0.29, 0.717) is 36.2 Å². The van der Waals surface area contributed by atoms with Crippen LogP contribution in [-0.2, 0) is 16.4 Å². The van der Waals surface area contributed by atoms with Gasteiger partial charge in [-0.15, -0.1) is 0 Å². The number of fused-ring (bicyclic) bond motifs is 1. The van der Waals surface area contributed by atoms with E-state index in [4.69, 9.17) is 4.42 Å². The fourth-order valence-corrected chi connectivity index (χ4v) is 4.99. The first kappa shape index (κ1) is 22.1. The Morgan fingerprint density at radius 3 is 2.43 bits per heavy atom. The quantitative estimate of drug-likeness (QED) is 0.520. The number of hydrogen-bond donors (Lipinski definition) is 1. The number of carbonyl (C=O) groups is 1. The van der Waals surface area contributed by atoms with Crippen LogP contribution in [-0.4, -0.2) is 38.3 Å². The van der Waals surface area contributed by atoms with Crippen molar-refractivity contribution in [2.75, 3.05) is 19.6 Å². The van der Waals surface area contributed by atoms with Gasteiger partial charge in [0.25, 0.3) is 5.91 Å². The Morgan fingerprint density at radius 2 is 1.77 bits per heavy atom. The molecule has 0 fully saturated rings. The summed E-state index contributed by atoms with van der Waals surface area (Å²) in [5, 5.41) is 3.53. The normalized spacial score (nSPS) is 11.9. The molecule has 0 atom stereocenters. The van der Waals surface area contributed by atoms with Crippen LogP contribution in [0.15, 0.2) is 57.8 Å². The lowest BCUT2D eigenvalue weighted by Gasteiger charge is -2.18. The maximum absolute atomic E-state index is 12.8. The molecule has 1 heterocycles. The molecule has 0 radical (unpaired) electrons. The first-order valence-corrected chi connectivity index (χ1v) is 11.7. The number of nitrogens with one attached hydrogen (secondary N) is 1. The average molecular weight is 429 g/mol. The highest BCUT2D eigenvalue weighted by molar-refractivity contribution is 7.89. The summed E-state index contributed by atoms with van der Waals surface area (Å²) >= 11 is 0. The third-order valence-corrected chi connectivity index (χ3v) is 7.27. The van der Waals surface area contributed by atoms with Crippen LogP contribution in [0.3, 0.4) is 0 Å². The molecular weight excluding hydrogens is 400 g/mol. The van der Waals surface area contributed by atoms with Gasteiger partial charge < -0.3 is 9.73 Å². The average Bonchev–Trinajstić information content (AvgIpc) is 3.08. The minimum Gasteiger partial charge on any atom is -0.451 e. The van der Waals surface area contributed by atoms with Gasteiger partial charge in [0.15, 0.2) is 5.76 Å². The van der Waals surface area contributed by atoms with E-state index in [1.807, 2.05) is 32.0 Å². The molecule has 7 heteroatoms. The molecule has 1 aromatic heterocycles. The van der Waals surface area contributed by atoms with Crippen LogP contribution in [0.5, 0.6) is 0 Å². The van der Waals surface area contributed by atoms with Crippen LogP contribution in [0.25, 0.3) is 11.0 Å². The molecule has 0 saturated carbocycles. The Morgan fingerprint density at radius 1 is 1.07 bits per heavy atom. The SMILES string of the molecule is CCN(CC)S(=O)(=O)c1ccc2oc(C(=O)NCCCc3ccccc3)c(C)c2c1. The molecule has 1 N–H and O–H groups in total. The van der Waals surface area contributed by atoms with Gasteiger partial charge >= 0.3 is 0 Å². The Balaban J connectivity index is 1.74. The van der Waals surface area contributed by atoms with Gasteiger partial charge in [0.1, 0.15) is 5.58 Å². The van der Waals surface area contributed by atoms with E-state index in [9.17, 15) is 13.2 Å². The lowest BCUT2D eigenvalue weighted by molar-refractivity contribution is 0.0927. The van der Waals surface area contributed by atoms with Gasteiger partial charge in [-0.3, -0.25) is 4.79 Å². The third kappa shape index (κ3) is 4.57. The minimum absolute atomic E-state index is 0.206. The highest BCUT2D eigenvalue weighted by Gasteiger charge is 2.24. The standard InChI is InChI=1S/C23H28N2O4S/c1-4-25(5-2)30(27,28)19-13-14-21-20(16-19)17(3)22(29-21)23(26)24-15-9-12-18-10-7-6-8-11-18/h6-8,10-11,13-14,16H,4-5,9,12,15H2,1-3H3,(H,24,26). The number of rotatable bonds is 9. The van der Waals surface area contributed by atoms with E-state index < -0.39 is 10.0 Å². The van der Waals surface area contributed by atoms with Crippen molar-refractivity contribution in [2.45, 2.75) is 38.5 Å². The van der Waals surface area contributed by atoms with Crippen LogP contribution < -0.4 is 5.32 Å². The number of aryl methyl sites for hydroxylation is 2. The first-order chi connectivity index (χ1) is 14.4. The topological polar surface area (TPSA) is 79.6 Å². The second-order valence-corrected chi connectivity index (χ2v) is 9.09. The molecular formula is C23H28N2O4S. The number of hydrogen-bond acceptors (Lipinski definition) is 4. The monoisotopic (exact) mass is 428 g/mol. The van der Waals surface area contributed by atoms with Gasteiger partial charge in [0, 0.05) is 30.6 Å². The summed E-state index contributed by atoms with van der Waals surface area (Å²) in [5.74, 6) is -0.0630. The fourth-order valence-electron chi connectivity index (χ4n) is 3.51. The van der Waals surface area contributed by atoms with Crippen LogP contribution in [0.2, 0.25) is 0 Å². The van der Waals surface area contributed by atoms with Gasteiger partial charge in [-0.05, 0) is 43.5 Å². The Kier molecular flexibility index (Phi) is 6.95. The zero-order valence-corrected chi connectivity index (χ0v) is 18.5. The maximum atomic E-state index is 12.8.